The van der Waals surface area contributed by atoms with Crippen LogP contribution in [-0.2, 0) is 5.41 Å². The smallest absolute Gasteiger partial charge is 0.0541 e. The van der Waals surface area contributed by atoms with E-state index >= 15 is 0 Å². The molecule has 1 aromatic rings. The molecular weight excluding hydrogens is 180 g/mol. The number of aliphatic hydroxyl groups excluding tert-OH is 1. The molecule has 72 valence electrons. The standard InChI is InChI=1S/C11H16OS/c1-8-4-9(13-5-8)11(7-12)6-10(11,2)3/h4-5,12H,6-7H2,1-3H3. The lowest BCUT2D eigenvalue weighted by atomic mass is 9.95. The van der Waals surface area contributed by atoms with Gasteiger partial charge in [0, 0.05) is 10.3 Å². The minimum absolute atomic E-state index is 0.0753. The van der Waals surface area contributed by atoms with Gasteiger partial charge in [-0.3, -0.25) is 0 Å². The van der Waals surface area contributed by atoms with E-state index < -0.39 is 0 Å². The highest BCUT2D eigenvalue weighted by atomic mass is 32.1. The van der Waals surface area contributed by atoms with Crippen LogP contribution < -0.4 is 0 Å². The van der Waals surface area contributed by atoms with Gasteiger partial charge >= 0.3 is 0 Å². The maximum atomic E-state index is 9.46. The predicted molar refractivity (Wildman–Crippen MR) is 56.2 cm³/mol. The fourth-order valence-corrected chi connectivity index (χ4v) is 3.43. The van der Waals surface area contributed by atoms with Gasteiger partial charge in [-0.15, -0.1) is 11.3 Å². The summed E-state index contributed by atoms with van der Waals surface area (Å²) in [5, 5.41) is 11.6. The van der Waals surface area contributed by atoms with E-state index in [2.05, 4.69) is 32.2 Å². The average Bonchev–Trinajstić information content (AvgIpc) is 2.43. The highest BCUT2D eigenvalue weighted by Crippen LogP contribution is 2.64. The van der Waals surface area contributed by atoms with Gasteiger partial charge in [-0.05, 0) is 35.8 Å². The molecule has 1 N–H and O–H groups in total. The van der Waals surface area contributed by atoms with E-state index in [4.69, 9.17) is 0 Å². The van der Waals surface area contributed by atoms with Crippen molar-refractivity contribution >= 4 is 11.3 Å². The topological polar surface area (TPSA) is 20.2 Å². The van der Waals surface area contributed by atoms with Crippen molar-refractivity contribution in [3.63, 3.8) is 0 Å². The number of thiophene rings is 1. The van der Waals surface area contributed by atoms with Crippen LogP contribution in [0.5, 0.6) is 0 Å². The summed E-state index contributed by atoms with van der Waals surface area (Å²) in [7, 11) is 0. The van der Waals surface area contributed by atoms with Gasteiger partial charge in [0.2, 0.25) is 0 Å². The lowest BCUT2D eigenvalue weighted by Gasteiger charge is -2.15. The number of rotatable bonds is 2. The molecular formula is C11H16OS. The molecule has 1 saturated carbocycles. The summed E-state index contributed by atoms with van der Waals surface area (Å²) in [5.74, 6) is 0. The van der Waals surface area contributed by atoms with Crippen LogP contribution in [0.1, 0.15) is 30.7 Å². The second-order valence-electron chi connectivity index (χ2n) is 4.79. The predicted octanol–water partition coefficient (Wildman–Crippen LogP) is 2.72. The summed E-state index contributed by atoms with van der Waals surface area (Å²) in [6.07, 6.45) is 1.12. The van der Waals surface area contributed by atoms with Crippen molar-refractivity contribution in [3.05, 3.63) is 21.9 Å². The lowest BCUT2D eigenvalue weighted by molar-refractivity contribution is 0.233. The quantitative estimate of drug-likeness (QED) is 0.771. The van der Waals surface area contributed by atoms with Crippen LogP contribution in [0.25, 0.3) is 0 Å². The fourth-order valence-electron chi connectivity index (χ4n) is 2.16. The van der Waals surface area contributed by atoms with Gasteiger partial charge in [0.05, 0.1) is 6.61 Å². The molecule has 2 rings (SSSR count). The molecule has 0 saturated heterocycles. The Morgan fingerprint density at radius 2 is 2.15 bits per heavy atom. The van der Waals surface area contributed by atoms with Gasteiger partial charge < -0.3 is 5.11 Å². The minimum Gasteiger partial charge on any atom is -0.395 e. The Hall–Kier alpha value is -0.340. The summed E-state index contributed by atoms with van der Waals surface area (Å²) in [6.45, 7) is 6.87. The molecule has 1 aliphatic rings. The third-order valence-electron chi connectivity index (χ3n) is 3.39. The zero-order valence-corrected chi connectivity index (χ0v) is 9.24. The monoisotopic (exact) mass is 196 g/mol. The second kappa shape index (κ2) is 2.58. The number of hydrogen-bond acceptors (Lipinski definition) is 2. The zero-order valence-electron chi connectivity index (χ0n) is 8.42. The van der Waals surface area contributed by atoms with Gasteiger partial charge in [-0.2, -0.15) is 0 Å². The van der Waals surface area contributed by atoms with Gasteiger partial charge in [0.25, 0.3) is 0 Å². The van der Waals surface area contributed by atoms with Crippen molar-refractivity contribution in [1.29, 1.82) is 0 Å². The molecule has 0 aliphatic heterocycles. The van der Waals surface area contributed by atoms with Crippen molar-refractivity contribution in [2.24, 2.45) is 5.41 Å². The van der Waals surface area contributed by atoms with E-state index in [0.717, 1.165) is 6.42 Å². The van der Waals surface area contributed by atoms with Crippen molar-refractivity contribution in [2.75, 3.05) is 6.61 Å². The van der Waals surface area contributed by atoms with Crippen LogP contribution in [-0.4, -0.2) is 11.7 Å². The fraction of sp³-hybridized carbons (Fsp3) is 0.636. The van der Waals surface area contributed by atoms with Crippen molar-refractivity contribution in [2.45, 2.75) is 32.6 Å². The second-order valence-corrected chi connectivity index (χ2v) is 5.70. The van der Waals surface area contributed by atoms with Crippen LogP contribution in [0.3, 0.4) is 0 Å². The van der Waals surface area contributed by atoms with E-state index in [1.165, 1.54) is 10.4 Å². The molecule has 0 bridgehead atoms. The Morgan fingerprint density at radius 3 is 2.46 bits per heavy atom. The molecule has 0 amide bonds. The summed E-state index contributed by atoms with van der Waals surface area (Å²) in [6, 6.07) is 2.22. The number of hydrogen-bond donors (Lipinski definition) is 1. The van der Waals surface area contributed by atoms with Crippen LogP contribution >= 0.6 is 11.3 Å². The van der Waals surface area contributed by atoms with Crippen molar-refractivity contribution < 1.29 is 5.11 Å². The SMILES string of the molecule is Cc1csc(C2(CO)CC2(C)C)c1. The zero-order chi connectivity index (χ0) is 9.69. The molecule has 0 radical (unpaired) electrons. The molecule has 1 aliphatic carbocycles. The van der Waals surface area contributed by atoms with E-state index in [1.54, 1.807) is 11.3 Å². The molecule has 1 aromatic heterocycles. The third-order valence-corrected chi connectivity index (χ3v) is 4.64. The number of aryl methyl sites for hydroxylation is 1. The lowest BCUT2D eigenvalue weighted by Crippen LogP contribution is -2.17. The normalized spacial score (nSPS) is 30.5. The minimum atomic E-state index is 0.0753. The highest BCUT2D eigenvalue weighted by molar-refractivity contribution is 7.10. The molecule has 1 nitrogen and oxygen atoms in total. The molecule has 1 fully saturated rings. The van der Waals surface area contributed by atoms with E-state index in [1.807, 2.05) is 0 Å². The first-order valence-electron chi connectivity index (χ1n) is 4.68. The summed E-state index contributed by atoms with van der Waals surface area (Å²) >= 11 is 1.79. The van der Waals surface area contributed by atoms with E-state index in [-0.39, 0.29) is 5.41 Å². The Bertz CT molecular complexity index is 327. The molecule has 1 atom stereocenters. The van der Waals surface area contributed by atoms with Gasteiger partial charge in [-0.25, -0.2) is 0 Å². The molecule has 2 heteroatoms. The maximum Gasteiger partial charge on any atom is 0.0541 e. The van der Waals surface area contributed by atoms with Crippen LogP contribution in [0, 0.1) is 12.3 Å². The van der Waals surface area contributed by atoms with Crippen LogP contribution in [0.2, 0.25) is 0 Å². The Balaban J connectivity index is 2.35. The Kier molecular flexibility index (Phi) is 1.83. The number of aliphatic hydroxyl groups is 1. The molecule has 0 aromatic carbocycles. The van der Waals surface area contributed by atoms with E-state index in [0.29, 0.717) is 12.0 Å². The molecule has 1 unspecified atom stereocenters. The van der Waals surface area contributed by atoms with Gasteiger partial charge in [0.1, 0.15) is 0 Å². The Labute approximate surface area is 83.4 Å². The van der Waals surface area contributed by atoms with Gasteiger partial charge in [0.15, 0.2) is 0 Å². The molecule has 0 spiro atoms. The first-order valence-corrected chi connectivity index (χ1v) is 5.56. The maximum absolute atomic E-state index is 9.46. The highest BCUT2D eigenvalue weighted by Gasteiger charge is 2.62. The summed E-state index contributed by atoms with van der Waals surface area (Å²) in [5.41, 5.74) is 1.68. The van der Waals surface area contributed by atoms with Gasteiger partial charge in [-0.1, -0.05) is 13.8 Å². The van der Waals surface area contributed by atoms with Crippen molar-refractivity contribution in [3.8, 4) is 0 Å². The van der Waals surface area contributed by atoms with Crippen molar-refractivity contribution in [1.82, 2.24) is 0 Å². The first kappa shape index (κ1) is 9.22. The summed E-state index contributed by atoms with van der Waals surface area (Å²) < 4.78 is 0. The third kappa shape index (κ3) is 1.16. The Morgan fingerprint density at radius 1 is 1.54 bits per heavy atom. The summed E-state index contributed by atoms with van der Waals surface area (Å²) in [4.78, 5) is 1.36. The van der Waals surface area contributed by atoms with Crippen LogP contribution in [0.15, 0.2) is 11.4 Å². The molecule has 1 heterocycles. The largest absolute Gasteiger partial charge is 0.395 e. The average molecular weight is 196 g/mol. The first-order chi connectivity index (χ1) is 6.02. The van der Waals surface area contributed by atoms with E-state index in [9.17, 15) is 5.11 Å². The van der Waals surface area contributed by atoms with Crippen LogP contribution in [0.4, 0.5) is 0 Å². The molecule has 13 heavy (non-hydrogen) atoms.